The molecule has 3 N–H and O–H groups in total. The van der Waals surface area contributed by atoms with E-state index in [-0.39, 0.29) is 5.82 Å². The van der Waals surface area contributed by atoms with Crippen molar-refractivity contribution in [3.05, 3.63) is 18.1 Å². The third kappa shape index (κ3) is 3.19. The lowest BCUT2D eigenvalue weighted by Gasteiger charge is -2.13. The van der Waals surface area contributed by atoms with Gasteiger partial charge in [0.15, 0.2) is 0 Å². The SMILES string of the molecule is Cc1nccnc1NC(CC(=O)O)C(=O)O. The van der Waals surface area contributed by atoms with E-state index in [0.29, 0.717) is 5.69 Å². The normalized spacial score (nSPS) is 11.8. The lowest BCUT2D eigenvalue weighted by molar-refractivity contribution is -0.144. The summed E-state index contributed by atoms with van der Waals surface area (Å²) in [5.74, 6) is -2.16. The first-order valence-electron chi connectivity index (χ1n) is 4.49. The highest BCUT2D eigenvalue weighted by Gasteiger charge is 2.21. The summed E-state index contributed by atoms with van der Waals surface area (Å²) in [4.78, 5) is 29.0. The van der Waals surface area contributed by atoms with Crippen LogP contribution in [0, 0.1) is 6.92 Å². The molecule has 1 unspecified atom stereocenters. The van der Waals surface area contributed by atoms with Gasteiger partial charge in [-0.2, -0.15) is 0 Å². The van der Waals surface area contributed by atoms with Crippen LogP contribution < -0.4 is 5.32 Å². The first-order valence-corrected chi connectivity index (χ1v) is 4.49. The molecule has 0 saturated carbocycles. The van der Waals surface area contributed by atoms with Crippen molar-refractivity contribution in [2.24, 2.45) is 0 Å². The molecule has 1 aromatic rings. The average molecular weight is 225 g/mol. The van der Waals surface area contributed by atoms with Crippen molar-refractivity contribution < 1.29 is 19.8 Å². The Morgan fingerprint density at radius 1 is 1.38 bits per heavy atom. The molecule has 16 heavy (non-hydrogen) atoms. The monoisotopic (exact) mass is 225 g/mol. The largest absolute Gasteiger partial charge is 0.481 e. The van der Waals surface area contributed by atoms with Gasteiger partial charge in [-0.1, -0.05) is 0 Å². The average Bonchev–Trinajstić information content (AvgIpc) is 2.19. The van der Waals surface area contributed by atoms with Crippen LogP contribution >= 0.6 is 0 Å². The van der Waals surface area contributed by atoms with Crippen molar-refractivity contribution in [2.45, 2.75) is 19.4 Å². The Morgan fingerprint density at radius 2 is 2.00 bits per heavy atom. The minimum atomic E-state index is -1.24. The van der Waals surface area contributed by atoms with E-state index in [1.165, 1.54) is 12.4 Å². The number of carbonyl (C=O) groups is 2. The van der Waals surface area contributed by atoms with E-state index in [9.17, 15) is 9.59 Å². The number of hydrogen-bond acceptors (Lipinski definition) is 5. The fourth-order valence-electron chi connectivity index (χ4n) is 1.09. The zero-order chi connectivity index (χ0) is 12.1. The van der Waals surface area contributed by atoms with E-state index in [1.54, 1.807) is 6.92 Å². The van der Waals surface area contributed by atoms with Crippen LogP contribution in [-0.4, -0.2) is 38.2 Å². The third-order valence-corrected chi connectivity index (χ3v) is 1.87. The van der Waals surface area contributed by atoms with Crippen molar-refractivity contribution in [3.63, 3.8) is 0 Å². The number of hydrogen-bond donors (Lipinski definition) is 3. The summed E-state index contributed by atoms with van der Waals surface area (Å²) in [6.45, 7) is 1.65. The zero-order valence-electron chi connectivity index (χ0n) is 8.54. The van der Waals surface area contributed by atoms with Gasteiger partial charge < -0.3 is 15.5 Å². The number of nitrogens with one attached hydrogen (secondary N) is 1. The molecule has 7 nitrogen and oxygen atoms in total. The smallest absolute Gasteiger partial charge is 0.326 e. The molecule has 1 atom stereocenters. The molecular formula is C9H11N3O4. The molecule has 0 aromatic carbocycles. The van der Waals surface area contributed by atoms with E-state index in [1.807, 2.05) is 0 Å². The second-order valence-corrected chi connectivity index (χ2v) is 3.12. The van der Waals surface area contributed by atoms with Gasteiger partial charge in [-0.15, -0.1) is 0 Å². The maximum atomic E-state index is 10.8. The fourth-order valence-corrected chi connectivity index (χ4v) is 1.09. The van der Waals surface area contributed by atoms with Crippen LogP contribution in [-0.2, 0) is 9.59 Å². The van der Waals surface area contributed by atoms with Gasteiger partial charge in [-0.3, -0.25) is 9.78 Å². The summed E-state index contributed by atoms with van der Waals surface area (Å²) in [7, 11) is 0. The molecule has 0 fully saturated rings. The summed E-state index contributed by atoms with van der Waals surface area (Å²) in [5.41, 5.74) is 0.513. The van der Waals surface area contributed by atoms with Crippen molar-refractivity contribution >= 4 is 17.8 Å². The van der Waals surface area contributed by atoms with Crippen molar-refractivity contribution in [1.29, 1.82) is 0 Å². The zero-order valence-corrected chi connectivity index (χ0v) is 8.54. The highest BCUT2D eigenvalue weighted by Crippen LogP contribution is 2.09. The highest BCUT2D eigenvalue weighted by atomic mass is 16.4. The molecule has 7 heteroatoms. The Kier molecular flexibility index (Phi) is 3.76. The number of aromatic nitrogens is 2. The number of nitrogens with zero attached hydrogens (tertiary/aromatic N) is 2. The third-order valence-electron chi connectivity index (χ3n) is 1.87. The predicted octanol–water partition coefficient (Wildman–Crippen LogP) is 0.125. The first-order chi connectivity index (χ1) is 7.50. The van der Waals surface area contributed by atoms with Gasteiger partial charge in [0.1, 0.15) is 11.9 Å². The minimum Gasteiger partial charge on any atom is -0.481 e. The van der Waals surface area contributed by atoms with E-state index in [0.717, 1.165) is 0 Å². The maximum Gasteiger partial charge on any atom is 0.326 e. The molecule has 0 bridgehead atoms. The van der Waals surface area contributed by atoms with E-state index < -0.39 is 24.4 Å². The van der Waals surface area contributed by atoms with E-state index in [2.05, 4.69) is 15.3 Å². The highest BCUT2D eigenvalue weighted by molar-refractivity contribution is 5.83. The fraction of sp³-hybridized carbons (Fsp3) is 0.333. The van der Waals surface area contributed by atoms with Gasteiger partial charge >= 0.3 is 11.9 Å². The van der Waals surface area contributed by atoms with Crippen LogP contribution in [0.15, 0.2) is 12.4 Å². The Bertz CT molecular complexity index is 407. The van der Waals surface area contributed by atoms with Crippen LogP contribution in [0.1, 0.15) is 12.1 Å². The molecule has 0 aliphatic rings. The molecule has 0 aliphatic heterocycles. The molecule has 86 valence electrons. The molecule has 1 aromatic heterocycles. The lowest BCUT2D eigenvalue weighted by Crippen LogP contribution is -2.32. The Morgan fingerprint density at radius 3 is 2.50 bits per heavy atom. The van der Waals surface area contributed by atoms with Crippen LogP contribution in [0.4, 0.5) is 5.82 Å². The van der Waals surface area contributed by atoms with Gasteiger partial charge in [0, 0.05) is 12.4 Å². The van der Waals surface area contributed by atoms with Crippen LogP contribution in [0.3, 0.4) is 0 Å². The maximum absolute atomic E-state index is 10.8. The summed E-state index contributed by atoms with van der Waals surface area (Å²) in [6.07, 6.45) is 2.34. The standard InChI is InChI=1S/C9H11N3O4/c1-5-8(11-3-2-10-5)12-6(9(15)16)4-7(13)14/h2-3,6H,4H2,1H3,(H,11,12)(H,13,14)(H,15,16). The molecule has 0 saturated heterocycles. The molecule has 0 radical (unpaired) electrons. The molecule has 1 rings (SSSR count). The van der Waals surface area contributed by atoms with E-state index in [4.69, 9.17) is 10.2 Å². The number of carboxylic acid groups (broad SMARTS) is 2. The van der Waals surface area contributed by atoms with Crippen LogP contribution in [0.25, 0.3) is 0 Å². The number of aryl methyl sites for hydroxylation is 1. The molecule has 1 heterocycles. The van der Waals surface area contributed by atoms with Gasteiger partial charge in [-0.25, -0.2) is 9.78 Å². The Balaban J connectivity index is 2.80. The number of rotatable bonds is 5. The molecular weight excluding hydrogens is 214 g/mol. The Hall–Kier alpha value is -2.18. The number of anilines is 1. The van der Waals surface area contributed by atoms with Gasteiger partial charge in [0.05, 0.1) is 12.1 Å². The number of carboxylic acids is 2. The van der Waals surface area contributed by atoms with Crippen molar-refractivity contribution in [3.8, 4) is 0 Å². The van der Waals surface area contributed by atoms with Gasteiger partial charge in [0.25, 0.3) is 0 Å². The van der Waals surface area contributed by atoms with Crippen molar-refractivity contribution in [1.82, 2.24) is 9.97 Å². The number of aliphatic carboxylic acids is 2. The summed E-state index contributed by atoms with van der Waals surface area (Å²) >= 11 is 0. The molecule has 0 aliphatic carbocycles. The predicted molar refractivity (Wildman–Crippen MR) is 54.1 cm³/mol. The summed E-state index contributed by atoms with van der Waals surface area (Å²) in [6, 6.07) is -1.21. The van der Waals surface area contributed by atoms with Crippen LogP contribution in [0.2, 0.25) is 0 Å². The second-order valence-electron chi connectivity index (χ2n) is 3.12. The van der Waals surface area contributed by atoms with Gasteiger partial charge in [0.2, 0.25) is 0 Å². The van der Waals surface area contributed by atoms with Crippen LogP contribution in [0.5, 0.6) is 0 Å². The minimum absolute atomic E-state index is 0.274. The van der Waals surface area contributed by atoms with E-state index >= 15 is 0 Å². The topological polar surface area (TPSA) is 112 Å². The summed E-state index contributed by atoms with van der Waals surface area (Å²) in [5, 5.41) is 19.9. The molecule has 0 spiro atoms. The van der Waals surface area contributed by atoms with Gasteiger partial charge in [-0.05, 0) is 6.92 Å². The lowest BCUT2D eigenvalue weighted by atomic mass is 10.2. The first kappa shape index (κ1) is 11.9. The van der Waals surface area contributed by atoms with Crippen molar-refractivity contribution in [2.75, 3.05) is 5.32 Å². The quantitative estimate of drug-likeness (QED) is 0.652. The summed E-state index contributed by atoms with van der Waals surface area (Å²) < 4.78 is 0. The molecule has 0 amide bonds. The Labute approximate surface area is 91.2 Å². The second kappa shape index (κ2) is 5.06.